The fraction of sp³-hybridized carbons (Fsp3) is 0.333. The van der Waals surface area contributed by atoms with Crippen molar-refractivity contribution in [3.63, 3.8) is 0 Å². The molecule has 0 saturated carbocycles. The first-order valence-electron chi connectivity index (χ1n) is 10.2. The lowest BCUT2D eigenvalue weighted by Gasteiger charge is -2.29. The number of amides is 2. The Balaban J connectivity index is 1.86. The van der Waals surface area contributed by atoms with E-state index in [1.165, 1.54) is 4.90 Å². The zero-order chi connectivity index (χ0) is 22.1. The van der Waals surface area contributed by atoms with Crippen molar-refractivity contribution in [2.45, 2.75) is 13.8 Å². The van der Waals surface area contributed by atoms with Crippen LogP contribution in [-0.2, 0) is 14.3 Å². The third kappa shape index (κ3) is 3.65. The maximum atomic E-state index is 13.7. The monoisotopic (exact) mass is 422 g/mol. The third-order valence-corrected chi connectivity index (χ3v) is 5.65. The van der Waals surface area contributed by atoms with Crippen LogP contribution in [0.1, 0.15) is 16.7 Å². The molecule has 0 atom stereocenters. The van der Waals surface area contributed by atoms with Gasteiger partial charge in [0.2, 0.25) is 0 Å². The number of rotatable bonds is 5. The number of carbonyl (C=O) groups excluding carboxylic acids is 2. The molecule has 4 rings (SSSR count). The molecule has 0 radical (unpaired) electrons. The van der Waals surface area contributed by atoms with Crippen molar-refractivity contribution < 1.29 is 23.8 Å². The van der Waals surface area contributed by atoms with Gasteiger partial charge in [-0.3, -0.25) is 9.59 Å². The average Bonchev–Trinajstić information content (AvgIpc) is 3.04. The van der Waals surface area contributed by atoms with Gasteiger partial charge in [-0.25, -0.2) is 4.90 Å². The minimum Gasteiger partial charge on any atom is -0.493 e. The summed E-state index contributed by atoms with van der Waals surface area (Å²) in [6.45, 7) is 6.00. The number of anilines is 1. The molecular weight excluding hydrogens is 396 g/mol. The van der Waals surface area contributed by atoms with Gasteiger partial charge in [-0.2, -0.15) is 0 Å². The van der Waals surface area contributed by atoms with Crippen molar-refractivity contribution in [2.75, 3.05) is 45.4 Å². The van der Waals surface area contributed by atoms with Gasteiger partial charge in [0, 0.05) is 13.1 Å². The molecule has 1 fully saturated rings. The van der Waals surface area contributed by atoms with Gasteiger partial charge in [-0.1, -0.05) is 23.8 Å². The van der Waals surface area contributed by atoms with Gasteiger partial charge in [-0.05, 0) is 43.2 Å². The summed E-state index contributed by atoms with van der Waals surface area (Å²) in [5.74, 6) is 0.399. The topological polar surface area (TPSA) is 68.3 Å². The summed E-state index contributed by atoms with van der Waals surface area (Å²) in [7, 11) is 3.10. The molecule has 1 saturated heterocycles. The molecule has 7 nitrogen and oxygen atoms in total. The first kappa shape index (κ1) is 20.9. The molecule has 2 amide bonds. The Morgan fingerprint density at radius 1 is 0.871 bits per heavy atom. The van der Waals surface area contributed by atoms with E-state index in [1.807, 2.05) is 36.9 Å². The van der Waals surface area contributed by atoms with Crippen molar-refractivity contribution in [1.82, 2.24) is 4.90 Å². The number of methoxy groups -OCH3 is 2. The van der Waals surface area contributed by atoms with Crippen LogP contribution in [0.5, 0.6) is 11.5 Å². The number of morpholine rings is 1. The highest BCUT2D eigenvalue weighted by molar-refractivity contribution is 6.45. The van der Waals surface area contributed by atoms with E-state index in [4.69, 9.17) is 14.2 Å². The number of hydrogen-bond donors (Lipinski definition) is 0. The second-order valence-electron chi connectivity index (χ2n) is 7.63. The van der Waals surface area contributed by atoms with Crippen molar-refractivity contribution in [3.8, 4) is 11.5 Å². The second-order valence-corrected chi connectivity index (χ2v) is 7.63. The highest BCUT2D eigenvalue weighted by Gasteiger charge is 2.43. The number of carbonyl (C=O) groups is 2. The zero-order valence-corrected chi connectivity index (χ0v) is 18.2. The fourth-order valence-electron chi connectivity index (χ4n) is 4.13. The van der Waals surface area contributed by atoms with E-state index in [2.05, 4.69) is 0 Å². The summed E-state index contributed by atoms with van der Waals surface area (Å²) in [5, 5.41) is 0. The molecule has 31 heavy (non-hydrogen) atoms. The Hall–Kier alpha value is -3.32. The molecule has 0 aromatic heterocycles. The number of imide groups is 1. The van der Waals surface area contributed by atoms with E-state index in [-0.39, 0.29) is 11.8 Å². The van der Waals surface area contributed by atoms with Crippen LogP contribution in [0.25, 0.3) is 5.57 Å². The first-order valence-corrected chi connectivity index (χ1v) is 10.2. The lowest BCUT2D eigenvalue weighted by Crippen LogP contribution is -2.40. The maximum Gasteiger partial charge on any atom is 0.282 e. The van der Waals surface area contributed by atoms with Crippen LogP contribution in [-0.4, -0.2) is 57.2 Å². The Bertz CT molecular complexity index is 1070. The van der Waals surface area contributed by atoms with Crippen LogP contribution < -0.4 is 14.4 Å². The van der Waals surface area contributed by atoms with Crippen LogP contribution in [0, 0.1) is 13.8 Å². The second kappa shape index (κ2) is 8.43. The van der Waals surface area contributed by atoms with Crippen molar-refractivity contribution >= 4 is 23.1 Å². The normalized spacial score (nSPS) is 16.9. The van der Waals surface area contributed by atoms with Crippen LogP contribution in [0.2, 0.25) is 0 Å². The lowest BCUT2D eigenvalue weighted by atomic mass is 10.0. The molecule has 0 bridgehead atoms. The highest BCUT2D eigenvalue weighted by atomic mass is 16.5. The molecule has 0 N–H and O–H groups in total. The van der Waals surface area contributed by atoms with Crippen LogP contribution >= 0.6 is 0 Å². The van der Waals surface area contributed by atoms with Crippen molar-refractivity contribution in [1.29, 1.82) is 0 Å². The summed E-state index contributed by atoms with van der Waals surface area (Å²) in [5.41, 5.74) is 3.93. The number of hydrogen-bond acceptors (Lipinski definition) is 6. The Kier molecular flexibility index (Phi) is 5.69. The van der Waals surface area contributed by atoms with Gasteiger partial charge in [0.15, 0.2) is 11.5 Å². The van der Waals surface area contributed by atoms with E-state index in [1.54, 1.807) is 32.4 Å². The van der Waals surface area contributed by atoms with Gasteiger partial charge in [0.25, 0.3) is 11.8 Å². The molecule has 2 aliphatic heterocycles. The summed E-state index contributed by atoms with van der Waals surface area (Å²) in [6.07, 6.45) is 0. The molecule has 2 heterocycles. The summed E-state index contributed by atoms with van der Waals surface area (Å²) >= 11 is 0. The van der Waals surface area contributed by atoms with Crippen LogP contribution in [0.4, 0.5) is 5.69 Å². The van der Waals surface area contributed by atoms with Gasteiger partial charge in [0.05, 0.1) is 38.7 Å². The van der Waals surface area contributed by atoms with Crippen LogP contribution in [0.3, 0.4) is 0 Å². The summed E-state index contributed by atoms with van der Waals surface area (Å²) in [4.78, 5) is 30.5. The molecule has 2 aliphatic rings. The average molecular weight is 422 g/mol. The van der Waals surface area contributed by atoms with Gasteiger partial charge in [-0.15, -0.1) is 0 Å². The summed E-state index contributed by atoms with van der Waals surface area (Å²) in [6, 6.07) is 11.0. The zero-order valence-electron chi connectivity index (χ0n) is 18.2. The number of aryl methyl sites for hydroxylation is 2. The lowest BCUT2D eigenvalue weighted by molar-refractivity contribution is -0.121. The Labute approximate surface area is 181 Å². The Morgan fingerprint density at radius 2 is 1.58 bits per heavy atom. The number of nitrogens with zero attached hydrogens (tertiary/aromatic N) is 2. The molecule has 0 aliphatic carbocycles. The van der Waals surface area contributed by atoms with E-state index >= 15 is 0 Å². The van der Waals surface area contributed by atoms with E-state index in [9.17, 15) is 9.59 Å². The SMILES string of the molecule is COc1ccc(C2=C(N3CCOCC3)C(=O)N(c3ccc(C)cc3C)C2=O)cc1OC. The van der Waals surface area contributed by atoms with Gasteiger partial charge < -0.3 is 19.1 Å². The first-order chi connectivity index (χ1) is 15.0. The minimum absolute atomic E-state index is 0.316. The quantitative estimate of drug-likeness (QED) is 0.691. The predicted octanol–water partition coefficient (Wildman–Crippen LogP) is 2.94. The molecule has 0 unspecified atom stereocenters. The molecule has 7 heteroatoms. The summed E-state index contributed by atoms with van der Waals surface area (Å²) < 4.78 is 16.2. The smallest absolute Gasteiger partial charge is 0.282 e. The molecule has 2 aromatic carbocycles. The number of ether oxygens (including phenoxy) is 3. The third-order valence-electron chi connectivity index (χ3n) is 5.65. The van der Waals surface area contributed by atoms with Gasteiger partial charge >= 0.3 is 0 Å². The number of benzene rings is 2. The molecule has 0 spiro atoms. The Morgan fingerprint density at radius 3 is 2.23 bits per heavy atom. The van der Waals surface area contributed by atoms with E-state index in [0.717, 1.165) is 11.1 Å². The van der Waals surface area contributed by atoms with Crippen LogP contribution in [0.15, 0.2) is 42.1 Å². The predicted molar refractivity (Wildman–Crippen MR) is 117 cm³/mol. The van der Waals surface area contributed by atoms with E-state index in [0.29, 0.717) is 60.3 Å². The van der Waals surface area contributed by atoms with Crippen molar-refractivity contribution in [2.24, 2.45) is 0 Å². The largest absolute Gasteiger partial charge is 0.493 e. The molecule has 162 valence electrons. The van der Waals surface area contributed by atoms with Crippen molar-refractivity contribution in [3.05, 3.63) is 58.8 Å². The van der Waals surface area contributed by atoms with Gasteiger partial charge in [0.1, 0.15) is 5.70 Å². The van der Waals surface area contributed by atoms with E-state index < -0.39 is 0 Å². The maximum absolute atomic E-state index is 13.7. The molecule has 2 aromatic rings. The fourth-order valence-corrected chi connectivity index (χ4v) is 4.13. The molecular formula is C24H26N2O5. The minimum atomic E-state index is -0.342. The highest BCUT2D eigenvalue weighted by Crippen LogP contribution is 2.39. The standard InChI is InChI=1S/C24H26N2O5/c1-15-5-7-18(16(2)13-15)26-23(27)21(17-6-8-19(29-3)20(14-17)30-4)22(24(26)28)25-9-11-31-12-10-25/h5-8,13-14H,9-12H2,1-4H3.